The highest BCUT2D eigenvalue weighted by atomic mass is 35.5. The first-order valence-corrected chi connectivity index (χ1v) is 26.8. The van der Waals surface area contributed by atoms with E-state index in [4.69, 9.17) is 32.0 Å². The summed E-state index contributed by atoms with van der Waals surface area (Å²) >= 11 is 12.8. The van der Waals surface area contributed by atoms with E-state index in [1.165, 1.54) is 54.7 Å². The number of hydrogen-bond donors (Lipinski definition) is 0. The third-order valence-electron chi connectivity index (χ3n) is 15.3. The van der Waals surface area contributed by atoms with Gasteiger partial charge in [-0.15, -0.1) is 0 Å². The Balaban J connectivity index is 0.000000136. The van der Waals surface area contributed by atoms with Crippen molar-refractivity contribution < 1.29 is 8.83 Å². The van der Waals surface area contributed by atoms with E-state index in [0.29, 0.717) is 0 Å². The number of nitrogens with zero attached hydrogens (tertiary/aromatic N) is 2. The second-order valence-electron chi connectivity index (χ2n) is 19.9. The number of furan rings is 2. The SMILES string of the molecule is Clc1cccc(-c2ccc3oc4ccc(-c5ccc6c7ccccc7n(-c7ccccc7)c6c5)cc4c3c2)c1.Clc1ccccc1-c1ccc2oc3ccc(-c4ccc5c6ccccc6n(-c6ccccc6)c5c4)cc3c2c1. The molecular formula is C72H44Cl2N2O2. The Morgan fingerprint density at radius 2 is 0.615 bits per heavy atom. The van der Waals surface area contributed by atoms with Crippen molar-refractivity contribution in [3.8, 4) is 55.9 Å². The van der Waals surface area contributed by atoms with Gasteiger partial charge in [-0.25, -0.2) is 0 Å². The lowest BCUT2D eigenvalue weighted by Crippen LogP contribution is -1.93. The minimum Gasteiger partial charge on any atom is -0.456 e. The van der Waals surface area contributed by atoms with Crippen molar-refractivity contribution in [2.45, 2.75) is 0 Å². The van der Waals surface area contributed by atoms with Crippen molar-refractivity contribution >= 4 is 111 Å². The van der Waals surface area contributed by atoms with Crippen molar-refractivity contribution in [2.75, 3.05) is 0 Å². The van der Waals surface area contributed by atoms with E-state index in [9.17, 15) is 0 Å². The molecule has 0 fully saturated rings. The van der Waals surface area contributed by atoms with Gasteiger partial charge < -0.3 is 18.0 Å². The normalized spacial score (nSPS) is 11.7. The van der Waals surface area contributed by atoms with Gasteiger partial charge in [-0.2, -0.15) is 0 Å². The molecule has 0 aliphatic carbocycles. The van der Waals surface area contributed by atoms with Crippen LogP contribution in [-0.4, -0.2) is 9.13 Å². The average Bonchev–Trinajstić information content (AvgIpc) is 4.25. The molecule has 368 valence electrons. The molecule has 16 rings (SSSR count). The molecule has 0 N–H and O–H groups in total. The predicted molar refractivity (Wildman–Crippen MR) is 328 cm³/mol. The summed E-state index contributed by atoms with van der Waals surface area (Å²) in [7, 11) is 0. The Hall–Kier alpha value is -9.58. The molecule has 4 heterocycles. The number of fused-ring (bicyclic) bond motifs is 12. The molecule has 0 unspecified atom stereocenters. The van der Waals surface area contributed by atoms with Crippen LogP contribution in [0.2, 0.25) is 10.0 Å². The third-order valence-corrected chi connectivity index (χ3v) is 15.9. The first-order valence-electron chi connectivity index (χ1n) is 26.1. The van der Waals surface area contributed by atoms with Crippen molar-refractivity contribution in [3.63, 3.8) is 0 Å². The summed E-state index contributed by atoms with van der Waals surface area (Å²) in [4.78, 5) is 0. The van der Waals surface area contributed by atoms with Gasteiger partial charge in [0.1, 0.15) is 22.3 Å². The molecule has 0 spiro atoms. The molecule has 0 aliphatic heterocycles. The molecule has 0 radical (unpaired) electrons. The first kappa shape index (κ1) is 45.8. The zero-order valence-electron chi connectivity index (χ0n) is 41.9. The summed E-state index contributed by atoms with van der Waals surface area (Å²) in [5, 5.41) is 10.9. The zero-order chi connectivity index (χ0) is 51.8. The topological polar surface area (TPSA) is 36.1 Å². The van der Waals surface area contributed by atoms with Crippen LogP contribution >= 0.6 is 23.2 Å². The molecule has 0 atom stereocenters. The lowest BCUT2D eigenvalue weighted by Gasteiger charge is -2.09. The summed E-state index contributed by atoms with van der Waals surface area (Å²) in [6, 6.07) is 93.5. The zero-order valence-corrected chi connectivity index (χ0v) is 43.4. The van der Waals surface area contributed by atoms with Gasteiger partial charge in [0, 0.05) is 70.1 Å². The van der Waals surface area contributed by atoms with Crippen LogP contribution in [0.15, 0.2) is 276 Å². The van der Waals surface area contributed by atoms with E-state index < -0.39 is 0 Å². The van der Waals surface area contributed by atoms with Gasteiger partial charge >= 0.3 is 0 Å². The summed E-state index contributed by atoms with van der Waals surface area (Å²) in [5.74, 6) is 0. The number of hydrogen-bond acceptors (Lipinski definition) is 2. The van der Waals surface area contributed by atoms with E-state index in [2.05, 4.69) is 234 Å². The van der Waals surface area contributed by atoms with Crippen LogP contribution in [0.5, 0.6) is 0 Å². The largest absolute Gasteiger partial charge is 0.456 e. The van der Waals surface area contributed by atoms with E-state index >= 15 is 0 Å². The fraction of sp³-hybridized carbons (Fsp3) is 0. The highest BCUT2D eigenvalue weighted by Crippen LogP contribution is 2.41. The van der Waals surface area contributed by atoms with Crippen LogP contribution in [0, 0.1) is 0 Å². The van der Waals surface area contributed by atoms with E-state index in [0.717, 1.165) is 98.7 Å². The van der Waals surface area contributed by atoms with Gasteiger partial charge in [0.05, 0.1) is 22.1 Å². The van der Waals surface area contributed by atoms with Crippen molar-refractivity contribution in [1.29, 1.82) is 0 Å². The lowest BCUT2D eigenvalue weighted by molar-refractivity contribution is 0.668. The number of benzene rings is 12. The van der Waals surface area contributed by atoms with Crippen molar-refractivity contribution in [3.05, 3.63) is 277 Å². The van der Waals surface area contributed by atoms with Crippen LogP contribution in [0.1, 0.15) is 0 Å². The second kappa shape index (κ2) is 18.6. The molecule has 4 nitrogen and oxygen atoms in total. The highest BCUT2D eigenvalue weighted by Gasteiger charge is 2.18. The Bertz CT molecular complexity index is 5000. The third kappa shape index (κ3) is 7.76. The Morgan fingerprint density at radius 1 is 0.244 bits per heavy atom. The van der Waals surface area contributed by atoms with E-state index in [-0.39, 0.29) is 0 Å². The summed E-state index contributed by atoms with van der Waals surface area (Å²) < 4.78 is 17.1. The molecule has 78 heavy (non-hydrogen) atoms. The Labute approximate surface area is 458 Å². The lowest BCUT2D eigenvalue weighted by atomic mass is 9.99. The van der Waals surface area contributed by atoms with Gasteiger partial charge in [-0.05, 0) is 154 Å². The maximum Gasteiger partial charge on any atom is 0.135 e. The van der Waals surface area contributed by atoms with Gasteiger partial charge in [-0.3, -0.25) is 0 Å². The predicted octanol–water partition coefficient (Wildman–Crippen LogP) is 21.3. The molecular weight excluding hydrogens is 996 g/mol. The number of halogens is 2. The smallest absolute Gasteiger partial charge is 0.135 e. The molecule has 12 aromatic carbocycles. The maximum absolute atomic E-state index is 6.52. The Kier molecular flexibility index (Phi) is 10.9. The number of rotatable bonds is 6. The summed E-state index contributed by atoms with van der Waals surface area (Å²) in [5.41, 5.74) is 19.6. The summed E-state index contributed by atoms with van der Waals surface area (Å²) in [6.45, 7) is 0. The van der Waals surface area contributed by atoms with Gasteiger partial charge in [0.25, 0.3) is 0 Å². The van der Waals surface area contributed by atoms with Crippen LogP contribution in [-0.2, 0) is 0 Å². The summed E-state index contributed by atoms with van der Waals surface area (Å²) in [6.07, 6.45) is 0. The van der Waals surface area contributed by atoms with Gasteiger partial charge in [0.15, 0.2) is 0 Å². The number of aromatic nitrogens is 2. The van der Waals surface area contributed by atoms with Crippen LogP contribution in [0.4, 0.5) is 0 Å². The second-order valence-corrected chi connectivity index (χ2v) is 20.7. The number of para-hydroxylation sites is 4. The van der Waals surface area contributed by atoms with Crippen molar-refractivity contribution in [1.82, 2.24) is 9.13 Å². The first-order chi connectivity index (χ1) is 38.5. The molecule has 16 aromatic rings. The van der Waals surface area contributed by atoms with E-state index in [1.54, 1.807) is 0 Å². The average molecular weight is 1040 g/mol. The van der Waals surface area contributed by atoms with Crippen LogP contribution < -0.4 is 0 Å². The monoisotopic (exact) mass is 1040 g/mol. The highest BCUT2D eigenvalue weighted by molar-refractivity contribution is 6.33. The van der Waals surface area contributed by atoms with Crippen LogP contribution in [0.3, 0.4) is 0 Å². The van der Waals surface area contributed by atoms with Crippen molar-refractivity contribution in [2.24, 2.45) is 0 Å². The van der Waals surface area contributed by atoms with Crippen LogP contribution in [0.25, 0.3) is 143 Å². The molecule has 0 amide bonds. The maximum atomic E-state index is 6.52. The fourth-order valence-corrected chi connectivity index (χ4v) is 12.1. The molecule has 6 heteroatoms. The molecule has 0 saturated carbocycles. The molecule has 0 aliphatic rings. The quantitative estimate of drug-likeness (QED) is 0.166. The molecule has 0 bridgehead atoms. The molecule has 0 saturated heterocycles. The Morgan fingerprint density at radius 3 is 1.09 bits per heavy atom. The fourth-order valence-electron chi connectivity index (χ4n) is 11.6. The van der Waals surface area contributed by atoms with Gasteiger partial charge in [0.2, 0.25) is 0 Å². The standard InChI is InChI=1S/2C36H22ClNO/c37-32-12-6-4-10-27(32)25-16-19-36-31(21-25)30-20-23(15-18-35(30)39-36)24-14-17-29-28-11-5-7-13-33(28)38(34(29)22-24)26-8-2-1-3-9-26;37-27-8-6-7-23(19-27)24-14-17-35-31(20-24)32-21-25(15-18-36(32)39-35)26-13-16-30-29-11-4-5-12-33(29)38(34(30)22-26)28-9-2-1-3-10-28/h2*1-22H. The minimum absolute atomic E-state index is 0.732. The molecule has 4 aromatic heterocycles. The minimum atomic E-state index is 0.732. The van der Waals surface area contributed by atoms with Gasteiger partial charge in [-0.1, -0.05) is 175 Å². The van der Waals surface area contributed by atoms with E-state index in [1.807, 2.05) is 42.5 Å².